The number of aryl methyl sites for hydroxylation is 1. The van der Waals surface area contributed by atoms with Gasteiger partial charge in [0, 0.05) is 24.7 Å². The van der Waals surface area contributed by atoms with Gasteiger partial charge in [0.05, 0.1) is 12.2 Å². The average Bonchev–Trinajstić information content (AvgIpc) is 2.35. The van der Waals surface area contributed by atoms with Crippen molar-refractivity contribution in [1.29, 1.82) is 0 Å². The molecule has 1 rings (SSSR count). The maximum atomic E-state index is 12.1. The van der Waals surface area contributed by atoms with Crippen molar-refractivity contribution in [2.24, 2.45) is 5.73 Å². The first-order valence-corrected chi connectivity index (χ1v) is 6.98. The van der Waals surface area contributed by atoms with E-state index in [1.54, 1.807) is 0 Å². The van der Waals surface area contributed by atoms with Gasteiger partial charge in [-0.15, -0.1) is 0 Å². The molecule has 0 radical (unpaired) electrons. The van der Waals surface area contributed by atoms with Crippen LogP contribution in [0.25, 0.3) is 0 Å². The van der Waals surface area contributed by atoms with Crippen molar-refractivity contribution in [3.05, 3.63) is 29.6 Å². The highest BCUT2D eigenvalue weighted by Gasteiger charge is 2.12. The van der Waals surface area contributed by atoms with Crippen molar-refractivity contribution in [3.8, 4) is 0 Å². The van der Waals surface area contributed by atoms with Crippen molar-refractivity contribution in [1.82, 2.24) is 9.88 Å². The smallest absolute Gasteiger partial charge is 0.222 e. The Labute approximate surface area is 116 Å². The summed E-state index contributed by atoms with van der Waals surface area (Å²) in [6.07, 6.45) is 2.32. The topological polar surface area (TPSA) is 59.2 Å². The van der Waals surface area contributed by atoms with Crippen LogP contribution in [-0.4, -0.2) is 28.4 Å². The lowest BCUT2D eigenvalue weighted by atomic mass is 10.1. The van der Waals surface area contributed by atoms with Gasteiger partial charge in [0.15, 0.2) is 0 Å². The van der Waals surface area contributed by atoms with Crippen LogP contribution in [0.2, 0.25) is 0 Å². The van der Waals surface area contributed by atoms with E-state index in [1.807, 2.05) is 43.9 Å². The number of carbonyl (C=O) groups is 1. The molecular formula is C15H25N3O. The van der Waals surface area contributed by atoms with Gasteiger partial charge < -0.3 is 10.6 Å². The molecule has 0 fully saturated rings. The summed E-state index contributed by atoms with van der Waals surface area (Å²) in [4.78, 5) is 18.4. The molecule has 1 aromatic heterocycles. The molecule has 1 atom stereocenters. The van der Waals surface area contributed by atoms with Crippen molar-refractivity contribution >= 4 is 5.91 Å². The zero-order chi connectivity index (χ0) is 14.3. The fourth-order valence-corrected chi connectivity index (χ4v) is 1.99. The largest absolute Gasteiger partial charge is 0.337 e. The quantitative estimate of drug-likeness (QED) is 0.821. The fraction of sp³-hybridized carbons (Fsp3) is 0.600. The van der Waals surface area contributed by atoms with E-state index in [4.69, 9.17) is 5.73 Å². The third-order valence-electron chi connectivity index (χ3n) is 3.08. The maximum Gasteiger partial charge on any atom is 0.222 e. The Morgan fingerprint density at radius 2 is 2.21 bits per heavy atom. The highest BCUT2D eigenvalue weighted by atomic mass is 16.2. The Morgan fingerprint density at radius 3 is 2.79 bits per heavy atom. The molecule has 1 amide bonds. The minimum Gasteiger partial charge on any atom is -0.337 e. The second-order valence-electron chi connectivity index (χ2n) is 5.05. The highest BCUT2D eigenvalue weighted by Crippen LogP contribution is 2.07. The first kappa shape index (κ1) is 15.6. The Hall–Kier alpha value is -1.42. The van der Waals surface area contributed by atoms with Crippen LogP contribution in [0.15, 0.2) is 18.2 Å². The normalized spacial score (nSPS) is 12.2. The molecule has 0 aromatic carbocycles. The summed E-state index contributed by atoms with van der Waals surface area (Å²) >= 11 is 0. The maximum absolute atomic E-state index is 12.1. The van der Waals surface area contributed by atoms with Crippen LogP contribution in [0.4, 0.5) is 0 Å². The van der Waals surface area contributed by atoms with Gasteiger partial charge >= 0.3 is 0 Å². The molecule has 0 aliphatic heterocycles. The van der Waals surface area contributed by atoms with Crippen molar-refractivity contribution in [2.45, 2.75) is 52.6 Å². The van der Waals surface area contributed by atoms with E-state index in [2.05, 4.69) is 4.98 Å². The molecule has 19 heavy (non-hydrogen) atoms. The summed E-state index contributed by atoms with van der Waals surface area (Å²) in [5.74, 6) is 0.187. The number of amides is 1. The van der Waals surface area contributed by atoms with Gasteiger partial charge in [-0.1, -0.05) is 6.07 Å². The number of carbonyl (C=O) groups excluding carboxylic acids is 1. The number of aromatic nitrogens is 1. The van der Waals surface area contributed by atoms with Gasteiger partial charge in [0.1, 0.15) is 0 Å². The molecule has 0 saturated carbocycles. The van der Waals surface area contributed by atoms with Gasteiger partial charge in [-0.25, -0.2) is 0 Å². The van der Waals surface area contributed by atoms with E-state index < -0.39 is 0 Å². The van der Waals surface area contributed by atoms with Crippen LogP contribution < -0.4 is 5.73 Å². The van der Waals surface area contributed by atoms with Crippen LogP contribution in [0, 0.1) is 6.92 Å². The number of nitrogens with zero attached hydrogens (tertiary/aromatic N) is 2. The van der Waals surface area contributed by atoms with Crippen molar-refractivity contribution < 1.29 is 4.79 Å². The number of pyridine rings is 1. The first-order valence-electron chi connectivity index (χ1n) is 6.98. The van der Waals surface area contributed by atoms with E-state index in [-0.39, 0.29) is 11.9 Å². The molecule has 0 saturated heterocycles. The summed E-state index contributed by atoms with van der Waals surface area (Å²) < 4.78 is 0. The third kappa shape index (κ3) is 5.83. The van der Waals surface area contributed by atoms with Crippen LogP contribution >= 0.6 is 0 Å². The third-order valence-corrected chi connectivity index (χ3v) is 3.08. The Morgan fingerprint density at radius 1 is 1.47 bits per heavy atom. The molecule has 0 spiro atoms. The van der Waals surface area contributed by atoms with Crippen molar-refractivity contribution in [2.75, 3.05) is 6.54 Å². The number of rotatable bonds is 7. The summed E-state index contributed by atoms with van der Waals surface area (Å²) in [7, 11) is 0. The predicted molar refractivity (Wildman–Crippen MR) is 77.6 cm³/mol. The van der Waals surface area contributed by atoms with Gasteiger partial charge in [0.2, 0.25) is 5.91 Å². The molecule has 1 aromatic rings. The molecule has 4 heteroatoms. The average molecular weight is 263 g/mol. The van der Waals surface area contributed by atoms with E-state index in [9.17, 15) is 4.79 Å². The standard InChI is InChI=1S/C15H25N3O/c1-4-18(15(19)10-5-7-12(2)16)11-14-9-6-8-13(3)17-14/h6,8-9,12H,4-5,7,10-11,16H2,1-3H3. The minimum absolute atomic E-state index is 0.168. The Bertz CT molecular complexity index is 404. The lowest BCUT2D eigenvalue weighted by molar-refractivity contribution is -0.131. The molecule has 0 bridgehead atoms. The molecule has 4 nitrogen and oxygen atoms in total. The minimum atomic E-state index is 0.168. The SMILES string of the molecule is CCN(Cc1cccc(C)n1)C(=O)CCCC(C)N. The first-order chi connectivity index (χ1) is 9.02. The monoisotopic (exact) mass is 263 g/mol. The van der Waals surface area contributed by atoms with E-state index >= 15 is 0 Å². The molecule has 0 aliphatic carbocycles. The molecule has 1 unspecified atom stereocenters. The van der Waals surface area contributed by atoms with Crippen LogP contribution in [-0.2, 0) is 11.3 Å². The second-order valence-corrected chi connectivity index (χ2v) is 5.05. The fourth-order valence-electron chi connectivity index (χ4n) is 1.99. The molecular weight excluding hydrogens is 238 g/mol. The number of hydrogen-bond acceptors (Lipinski definition) is 3. The molecule has 0 aliphatic rings. The van der Waals surface area contributed by atoms with E-state index in [1.165, 1.54) is 0 Å². The van der Waals surface area contributed by atoms with E-state index in [0.717, 1.165) is 24.2 Å². The predicted octanol–water partition coefficient (Wildman–Crippen LogP) is 2.26. The lowest BCUT2D eigenvalue weighted by Gasteiger charge is -2.21. The Balaban J connectivity index is 2.50. The van der Waals surface area contributed by atoms with Gasteiger partial charge in [0.25, 0.3) is 0 Å². The molecule has 1 heterocycles. The van der Waals surface area contributed by atoms with E-state index in [0.29, 0.717) is 19.5 Å². The molecule has 2 N–H and O–H groups in total. The number of nitrogens with two attached hydrogens (primary N) is 1. The summed E-state index contributed by atoms with van der Waals surface area (Å²) in [5.41, 5.74) is 7.62. The van der Waals surface area contributed by atoms with Gasteiger partial charge in [-0.3, -0.25) is 9.78 Å². The lowest BCUT2D eigenvalue weighted by Crippen LogP contribution is -2.30. The highest BCUT2D eigenvalue weighted by molar-refractivity contribution is 5.76. The van der Waals surface area contributed by atoms with Gasteiger partial charge in [-0.05, 0) is 45.7 Å². The van der Waals surface area contributed by atoms with Crippen LogP contribution in [0.3, 0.4) is 0 Å². The second kappa shape index (κ2) is 7.89. The zero-order valence-corrected chi connectivity index (χ0v) is 12.2. The van der Waals surface area contributed by atoms with Gasteiger partial charge in [-0.2, -0.15) is 0 Å². The summed E-state index contributed by atoms with van der Waals surface area (Å²) in [6, 6.07) is 6.07. The van der Waals surface area contributed by atoms with Crippen molar-refractivity contribution in [3.63, 3.8) is 0 Å². The molecule has 106 valence electrons. The Kier molecular flexibility index (Phi) is 6.50. The zero-order valence-electron chi connectivity index (χ0n) is 12.2. The number of hydrogen-bond donors (Lipinski definition) is 1. The summed E-state index contributed by atoms with van der Waals surface area (Å²) in [6.45, 7) is 7.24. The van der Waals surface area contributed by atoms with Crippen LogP contribution in [0.5, 0.6) is 0 Å². The summed E-state index contributed by atoms with van der Waals surface area (Å²) in [5, 5.41) is 0. The van der Waals surface area contributed by atoms with Crippen LogP contribution in [0.1, 0.15) is 44.5 Å².